The fourth-order valence-corrected chi connectivity index (χ4v) is 2.50. The van der Waals surface area contributed by atoms with Crippen LogP contribution in [0.4, 0.5) is 0 Å². The number of ether oxygens (including phenoxy) is 1. The molecule has 0 aliphatic carbocycles. The van der Waals surface area contributed by atoms with Crippen molar-refractivity contribution in [3.63, 3.8) is 0 Å². The number of hydrogen-bond acceptors (Lipinski definition) is 3. The highest BCUT2D eigenvalue weighted by atomic mass is 16.5. The maximum Gasteiger partial charge on any atom is 0.228 e. The molecule has 1 aromatic heterocycles. The summed E-state index contributed by atoms with van der Waals surface area (Å²) in [5.74, 6) is 1.03. The first kappa shape index (κ1) is 13.4. The molecule has 0 N–H and O–H groups in total. The summed E-state index contributed by atoms with van der Waals surface area (Å²) in [6, 6.07) is 13.1. The molecule has 3 heteroatoms. The van der Waals surface area contributed by atoms with Crippen molar-refractivity contribution in [2.75, 3.05) is 7.11 Å². The highest BCUT2D eigenvalue weighted by molar-refractivity contribution is 6.11. The molecule has 0 aliphatic rings. The molecule has 0 aliphatic heterocycles. The maximum atomic E-state index is 12.7. The van der Waals surface area contributed by atoms with Crippen molar-refractivity contribution in [3.05, 3.63) is 64.9 Å². The standard InChI is InChI=1S/C18H16O3/c1-11-6-4-5-7-14(11)17(19)18-12(2)15-9-8-13(20-3)10-16(15)21-18/h4-10H,1-3H3. The van der Waals surface area contributed by atoms with Gasteiger partial charge in [-0.15, -0.1) is 0 Å². The Balaban J connectivity index is 2.14. The molecule has 0 amide bonds. The SMILES string of the molecule is COc1ccc2c(C)c(C(=O)c3ccccc3C)oc2c1. The molecule has 106 valence electrons. The summed E-state index contributed by atoms with van der Waals surface area (Å²) in [6.45, 7) is 3.83. The van der Waals surface area contributed by atoms with Gasteiger partial charge in [-0.05, 0) is 31.5 Å². The van der Waals surface area contributed by atoms with Gasteiger partial charge in [0.1, 0.15) is 11.3 Å². The summed E-state index contributed by atoms with van der Waals surface area (Å²) < 4.78 is 11.0. The van der Waals surface area contributed by atoms with Crippen LogP contribution in [0, 0.1) is 13.8 Å². The number of hydrogen-bond donors (Lipinski definition) is 0. The molecule has 3 nitrogen and oxygen atoms in total. The number of ketones is 1. The molecule has 0 fully saturated rings. The van der Waals surface area contributed by atoms with Crippen LogP contribution in [0.1, 0.15) is 27.2 Å². The van der Waals surface area contributed by atoms with Crippen LogP contribution in [0.25, 0.3) is 11.0 Å². The highest BCUT2D eigenvalue weighted by Gasteiger charge is 2.20. The average Bonchev–Trinajstić information content (AvgIpc) is 2.83. The van der Waals surface area contributed by atoms with Gasteiger partial charge in [-0.1, -0.05) is 24.3 Å². The van der Waals surface area contributed by atoms with Gasteiger partial charge in [0.25, 0.3) is 0 Å². The Kier molecular flexibility index (Phi) is 3.26. The fraction of sp³-hybridized carbons (Fsp3) is 0.167. The lowest BCUT2D eigenvalue weighted by molar-refractivity contribution is 0.101. The van der Waals surface area contributed by atoms with E-state index in [9.17, 15) is 4.79 Å². The molecule has 0 bridgehead atoms. The smallest absolute Gasteiger partial charge is 0.228 e. The quantitative estimate of drug-likeness (QED) is 0.672. The lowest BCUT2D eigenvalue weighted by Crippen LogP contribution is -2.03. The molecule has 3 aromatic rings. The molecular weight excluding hydrogens is 264 g/mol. The number of rotatable bonds is 3. The van der Waals surface area contributed by atoms with Gasteiger partial charge in [-0.25, -0.2) is 0 Å². The van der Waals surface area contributed by atoms with Crippen LogP contribution in [-0.4, -0.2) is 12.9 Å². The Hall–Kier alpha value is -2.55. The average molecular weight is 280 g/mol. The second kappa shape index (κ2) is 5.09. The van der Waals surface area contributed by atoms with Crippen LogP contribution < -0.4 is 4.74 Å². The zero-order chi connectivity index (χ0) is 15.0. The minimum atomic E-state index is -0.0826. The van der Waals surface area contributed by atoms with Crippen LogP contribution >= 0.6 is 0 Å². The van der Waals surface area contributed by atoms with E-state index in [1.807, 2.05) is 50.2 Å². The Labute approximate surface area is 123 Å². The molecule has 3 rings (SSSR count). The van der Waals surface area contributed by atoms with Crippen molar-refractivity contribution >= 4 is 16.8 Å². The third-order valence-electron chi connectivity index (χ3n) is 3.74. The molecule has 2 aromatic carbocycles. The van der Waals surface area contributed by atoms with Crippen LogP contribution in [0.3, 0.4) is 0 Å². The van der Waals surface area contributed by atoms with Gasteiger partial charge >= 0.3 is 0 Å². The summed E-state index contributed by atoms with van der Waals surface area (Å²) in [4.78, 5) is 12.7. The van der Waals surface area contributed by atoms with Crippen LogP contribution in [-0.2, 0) is 0 Å². The predicted molar refractivity (Wildman–Crippen MR) is 82.1 cm³/mol. The number of benzene rings is 2. The molecule has 0 atom stereocenters. The lowest BCUT2D eigenvalue weighted by atomic mass is 10.0. The fourth-order valence-electron chi connectivity index (χ4n) is 2.50. The number of fused-ring (bicyclic) bond motifs is 1. The number of methoxy groups -OCH3 is 1. The first-order valence-electron chi connectivity index (χ1n) is 6.79. The van der Waals surface area contributed by atoms with Crippen molar-refractivity contribution < 1.29 is 13.9 Å². The summed E-state index contributed by atoms with van der Waals surface area (Å²) in [5.41, 5.74) is 3.15. The van der Waals surface area contributed by atoms with Crippen molar-refractivity contribution in [2.45, 2.75) is 13.8 Å². The third kappa shape index (κ3) is 2.21. The van der Waals surface area contributed by atoms with E-state index >= 15 is 0 Å². The predicted octanol–water partition coefficient (Wildman–Crippen LogP) is 4.29. The molecule has 1 heterocycles. The first-order valence-corrected chi connectivity index (χ1v) is 6.79. The second-order valence-electron chi connectivity index (χ2n) is 5.06. The van der Waals surface area contributed by atoms with Gasteiger partial charge in [0.15, 0.2) is 5.76 Å². The zero-order valence-electron chi connectivity index (χ0n) is 12.3. The van der Waals surface area contributed by atoms with E-state index in [4.69, 9.17) is 9.15 Å². The highest BCUT2D eigenvalue weighted by Crippen LogP contribution is 2.30. The molecule has 0 saturated carbocycles. The van der Waals surface area contributed by atoms with E-state index in [2.05, 4.69) is 0 Å². The summed E-state index contributed by atoms with van der Waals surface area (Å²) >= 11 is 0. The van der Waals surface area contributed by atoms with E-state index in [1.54, 1.807) is 13.2 Å². The van der Waals surface area contributed by atoms with Gasteiger partial charge < -0.3 is 9.15 Å². The largest absolute Gasteiger partial charge is 0.497 e. The number of carbonyl (C=O) groups is 1. The van der Waals surface area contributed by atoms with Gasteiger partial charge in [-0.3, -0.25) is 4.79 Å². The second-order valence-corrected chi connectivity index (χ2v) is 5.06. The van der Waals surface area contributed by atoms with Gasteiger partial charge in [0.2, 0.25) is 5.78 Å². The molecule has 0 unspecified atom stereocenters. The topological polar surface area (TPSA) is 39.4 Å². The molecule has 21 heavy (non-hydrogen) atoms. The number of furan rings is 1. The summed E-state index contributed by atoms with van der Waals surface area (Å²) in [7, 11) is 1.61. The Morgan fingerprint density at radius 1 is 1.10 bits per heavy atom. The zero-order valence-corrected chi connectivity index (χ0v) is 12.3. The van der Waals surface area contributed by atoms with E-state index in [0.717, 1.165) is 16.5 Å². The molecule has 0 saturated heterocycles. The number of aryl methyl sites for hydroxylation is 2. The van der Waals surface area contributed by atoms with Crippen molar-refractivity contribution in [1.82, 2.24) is 0 Å². The van der Waals surface area contributed by atoms with Crippen LogP contribution in [0.5, 0.6) is 5.75 Å². The van der Waals surface area contributed by atoms with Crippen molar-refractivity contribution in [2.24, 2.45) is 0 Å². The minimum Gasteiger partial charge on any atom is -0.497 e. The maximum absolute atomic E-state index is 12.7. The van der Waals surface area contributed by atoms with E-state index in [1.165, 1.54) is 0 Å². The monoisotopic (exact) mass is 280 g/mol. The molecule has 0 spiro atoms. The Morgan fingerprint density at radius 2 is 1.86 bits per heavy atom. The van der Waals surface area contributed by atoms with E-state index < -0.39 is 0 Å². The summed E-state index contributed by atoms with van der Waals surface area (Å²) in [6.07, 6.45) is 0. The van der Waals surface area contributed by atoms with E-state index in [0.29, 0.717) is 22.7 Å². The van der Waals surface area contributed by atoms with Crippen molar-refractivity contribution in [3.8, 4) is 5.75 Å². The van der Waals surface area contributed by atoms with Crippen LogP contribution in [0.15, 0.2) is 46.9 Å². The molecular formula is C18H16O3. The van der Waals surface area contributed by atoms with Crippen molar-refractivity contribution in [1.29, 1.82) is 0 Å². The Bertz CT molecular complexity index is 828. The minimum absolute atomic E-state index is 0.0826. The summed E-state index contributed by atoms with van der Waals surface area (Å²) in [5, 5.41) is 0.938. The first-order chi connectivity index (χ1) is 10.1. The van der Waals surface area contributed by atoms with Gasteiger partial charge in [-0.2, -0.15) is 0 Å². The van der Waals surface area contributed by atoms with Gasteiger partial charge in [0.05, 0.1) is 7.11 Å². The normalized spacial score (nSPS) is 10.8. The third-order valence-corrected chi connectivity index (χ3v) is 3.74. The molecule has 0 radical (unpaired) electrons. The lowest BCUT2D eigenvalue weighted by Gasteiger charge is -2.02. The van der Waals surface area contributed by atoms with Crippen LogP contribution in [0.2, 0.25) is 0 Å². The van der Waals surface area contributed by atoms with Gasteiger partial charge in [0, 0.05) is 22.6 Å². The Morgan fingerprint density at radius 3 is 2.57 bits per heavy atom. The van der Waals surface area contributed by atoms with E-state index in [-0.39, 0.29) is 5.78 Å². The number of carbonyl (C=O) groups excluding carboxylic acids is 1.